The lowest BCUT2D eigenvalue weighted by Gasteiger charge is -2.35. The van der Waals surface area contributed by atoms with Gasteiger partial charge in [0, 0.05) is 39.8 Å². The Morgan fingerprint density at radius 2 is 1.88 bits per heavy atom. The Morgan fingerprint density at radius 1 is 1.19 bits per heavy atom. The van der Waals surface area contributed by atoms with Crippen molar-refractivity contribution < 1.29 is 5.11 Å². The molecule has 0 aliphatic carbocycles. The van der Waals surface area contributed by atoms with E-state index in [2.05, 4.69) is 25.1 Å². The summed E-state index contributed by atoms with van der Waals surface area (Å²) in [5, 5.41) is 14.6. The number of aliphatic imine (C=N–C) groups is 1. The second-order valence-electron chi connectivity index (χ2n) is 7.60. The highest BCUT2D eigenvalue weighted by Gasteiger charge is 2.20. The van der Waals surface area contributed by atoms with Gasteiger partial charge in [-0.25, -0.2) is 4.79 Å². The molecule has 0 unspecified atom stereocenters. The molecule has 0 radical (unpaired) electrons. The van der Waals surface area contributed by atoms with E-state index in [0.29, 0.717) is 18.7 Å². The zero-order chi connectivity index (χ0) is 23.1. The first-order chi connectivity index (χ1) is 15.4. The molecule has 0 amide bonds. The normalized spacial score (nSPS) is 15.1. The third kappa shape index (κ3) is 5.63. The van der Waals surface area contributed by atoms with Crippen molar-refractivity contribution >= 4 is 23.0 Å². The maximum absolute atomic E-state index is 12.5. The van der Waals surface area contributed by atoms with Crippen molar-refractivity contribution in [3.8, 4) is 5.88 Å². The number of aromatic amines is 1. The van der Waals surface area contributed by atoms with Gasteiger partial charge in [0.15, 0.2) is 5.11 Å². The quantitative estimate of drug-likeness (QED) is 0.412. The van der Waals surface area contributed by atoms with Gasteiger partial charge in [-0.3, -0.25) is 24.2 Å². The van der Waals surface area contributed by atoms with Crippen LogP contribution in [0, 0.1) is 0 Å². The zero-order valence-corrected chi connectivity index (χ0v) is 19.3. The van der Waals surface area contributed by atoms with E-state index in [4.69, 9.17) is 12.2 Å². The van der Waals surface area contributed by atoms with Crippen LogP contribution in [-0.2, 0) is 6.54 Å². The van der Waals surface area contributed by atoms with Gasteiger partial charge in [-0.2, -0.15) is 0 Å². The molecule has 1 saturated heterocycles. The second kappa shape index (κ2) is 11.1. The van der Waals surface area contributed by atoms with Crippen LogP contribution in [0.15, 0.2) is 44.9 Å². The van der Waals surface area contributed by atoms with Gasteiger partial charge in [0.1, 0.15) is 5.56 Å². The fourth-order valence-corrected chi connectivity index (χ4v) is 3.94. The van der Waals surface area contributed by atoms with Crippen LogP contribution in [0.2, 0.25) is 0 Å². The summed E-state index contributed by atoms with van der Waals surface area (Å²) in [6.45, 7) is 6.75. The van der Waals surface area contributed by atoms with Gasteiger partial charge in [0.05, 0.1) is 18.8 Å². The Hall–Kier alpha value is -2.98. The van der Waals surface area contributed by atoms with Crippen molar-refractivity contribution in [2.24, 2.45) is 4.99 Å². The van der Waals surface area contributed by atoms with Crippen LogP contribution in [0.3, 0.4) is 0 Å². The van der Waals surface area contributed by atoms with Gasteiger partial charge in [0.2, 0.25) is 5.88 Å². The molecular formula is C22H30N6O3S. The molecule has 1 aromatic heterocycles. The number of H-pyrrole nitrogens is 1. The van der Waals surface area contributed by atoms with Crippen LogP contribution in [0.25, 0.3) is 0 Å². The van der Waals surface area contributed by atoms with Crippen molar-refractivity contribution in [2.45, 2.75) is 19.9 Å². The second-order valence-corrected chi connectivity index (χ2v) is 7.98. The molecule has 1 aliphatic rings. The van der Waals surface area contributed by atoms with E-state index in [0.717, 1.165) is 43.4 Å². The first-order valence-corrected chi connectivity index (χ1v) is 11.2. The summed E-state index contributed by atoms with van der Waals surface area (Å²) in [5.41, 5.74) is 0.127. The third-order valence-corrected chi connectivity index (χ3v) is 6.03. The number of benzene rings is 1. The fraction of sp³-hybridized carbons (Fsp3) is 0.455. The van der Waals surface area contributed by atoms with Crippen LogP contribution in [0.1, 0.15) is 24.5 Å². The maximum atomic E-state index is 12.5. The lowest BCUT2D eigenvalue weighted by atomic mass is 10.1. The summed E-state index contributed by atoms with van der Waals surface area (Å²) in [5.74, 6) is -0.350. The summed E-state index contributed by atoms with van der Waals surface area (Å²) >= 11 is 5.28. The molecule has 0 spiro atoms. The minimum absolute atomic E-state index is 0.0622. The number of nitrogens with zero attached hydrogens (tertiary/aromatic N) is 4. The summed E-state index contributed by atoms with van der Waals surface area (Å²) in [7, 11) is 1.83. The number of piperazine rings is 1. The minimum atomic E-state index is -0.645. The fourth-order valence-electron chi connectivity index (χ4n) is 3.76. The van der Waals surface area contributed by atoms with Crippen LogP contribution < -0.4 is 16.6 Å². The number of rotatable bonds is 7. The van der Waals surface area contributed by atoms with E-state index < -0.39 is 11.2 Å². The average Bonchev–Trinajstić information content (AvgIpc) is 2.81. The Bertz CT molecular complexity index is 1070. The van der Waals surface area contributed by atoms with E-state index in [9.17, 15) is 14.7 Å². The van der Waals surface area contributed by atoms with Crippen LogP contribution in [0.5, 0.6) is 5.88 Å². The molecule has 2 heterocycles. The predicted octanol–water partition coefficient (Wildman–Crippen LogP) is 0.612. The van der Waals surface area contributed by atoms with Crippen LogP contribution >= 0.6 is 12.2 Å². The summed E-state index contributed by atoms with van der Waals surface area (Å²) in [6.07, 6.45) is 0.463. The number of hydrogen-bond acceptors (Lipinski definition) is 6. The van der Waals surface area contributed by atoms with Gasteiger partial charge in [-0.1, -0.05) is 37.3 Å². The summed E-state index contributed by atoms with van der Waals surface area (Å²) < 4.78 is 1.17. The van der Waals surface area contributed by atoms with E-state index in [1.54, 1.807) is 0 Å². The first-order valence-electron chi connectivity index (χ1n) is 10.8. The number of nitrogens with one attached hydrogen (secondary N) is 2. The van der Waals surface area contributed by atoms with Crippen molar-refractivity contribution in [3.05, 3.63) is 62.3 Å². The topological polar surface area (TPSA) is 106 Å². The van der Waals surface area contributed by atoms with E-state index >= 15 is 0 Å². The highest BCUT2D eigenvalue weighted by atomic mass is 32.1. The van der Waals surface area contributed by atoms with Crippen LogP contribution in [0.4, 0.5) is 0 Å². The lowest BCUT2D eigenvalue weighted by Crippen LogP contribution is -2.51. The summed E-state index contributed by atoms with van der Waals surface area (Å²) in [6, 6.07) is 9.30. The molecule has 172 valence electrons. The molecular weight excluding hydrogens is 428 g/mol. The third-order valence-electron chi connectivity index (χ3n) is 5.57. The smallest absolute Gasteiger partial charge is 0.331 e. The highest BCUT2D eigenvalue weighted by Crippen LogP contribution is 2.15. The first kappa shape index (κ1) is 23.7. The molecule has 32 heavy (non-hydrogen) atoms. The lowest BCUT2D eigenvalue weighted by molar-refractivity contribution is 0.186. The number of hydrogen-bond donors (Lipinski definition) is 3. The van der Waals surface area contributed by atoms with Gasteiger partial charge >= 0.3 is 5.69 Å². The Labute approximate surface area is 192 Å². The van der Waals surface area contributed by atoms with E-state index in [1.807, 2.05) is 44.3 Å². The Kier molecular flexibility index (Phi) is 8.18. The zero-order valence-electron chi connectivity index (χ0n) is 18.5. The minimum Gasteiger partial charge on any atom is -0.494 e. The van der Waals surface area contributed by atoms with Crippen LogP contribution in [-0.4, -0.2) is 81.6 Å². The van der Waals surface area contributed by atoms with E-state index in [-0.39, 0.29) is 18.0 Å². The van der Waals surface area contributed by atoms with Crippen molar-refractivity contribution in [1.29, 1.82) is 0 Å². The van der Waals surface area contributed by atoms with Crippen molar-refractivity contribution in [2.75, 3.05) is 46.3 Å². The largest absolute Gasteiger partial charge is 0.494 e. The monoisotopic (exact) mass is 458 g/mol. The molecule has 10 heteroatoms. The van der Waals surface area contributed by atoms with Gasteiger partial charge in [0.25, 0.3) is 5.56 Å². The molecule has 3 N–H and O–H groups in total. The molecule has 0 atom stereocenters. The predicted molar refractivity (Wildman–Crippen MR) is 130 cm³/mol. The standard InChI is InChI=1S/C22H30N6O3S/c1-3-17(24-9-10-26-11-13-27(14-12-26)22(32)23-2)18-19(29)25-21(31)28(20(18)30)15-16-7-5-4-6-8-16/h4-8,30H,3,9-15H2,1-2H3,(H,23,32)(H,25,29,31). The maximum Gasteiger partial charge on any atom is 0.331 e. The molecule has 0 saturated carbocycles. The van der Waals surface area contributed by atoms with Gasteiger partial charge in [-0.15, -0.1) is 0 Å². The molecule has 0 bridgehead atoms. The SMILES string of the molecule is CCC(=NCCN1CCN(C(=S)NC)CC1)c1c(O)n(Cc2ccccc2)c(=O)[nH]c1=O. The molecule has 1 fully saturated rings. The number of thiocarbonyl (C=S) groups is 1. The molecule has 3 rings (SSSR count). The Morgan fingerprint density at radius 3 is 2.50 bits per heavy atom. The average molecular weight is 459 g/mol. The molecule has 1 aliphatic heterocycles. The van der Waals surface area contributed by atoms with E-state index in [1.165, 1.54) is 4.57 Å². The summed E-state index contributed by atoms with van der Waals surface area (Å²) in [4.78, 5) is 36.2. The van der Waals surface area contributed by atoms with Gasteiger partial charge in [-0.05, 0) is 24.2 Å². The van der Waals surface area contributed by atoms with Gasteiger partial charge < -0.3 is 15.3 Å². The molecule has 1 aromatic carbocycles. The molecule has 9 nitrogen and oxygen atoms in total. The highest BCUT2D eigenvalue weighted by molar-refractivity contribution is 7.80. The number of aromatic hydroxyl groups is 1. The van der Waals surface area contributed by atoms with Crippen molar-refractivity contribution in [1.82, 2.24) is 24.7 Å². The number of aromatic nitrogens is 2. The molecule has 2 aromatic rings. The van der Waals surface area contributed by atoms with Crippen molar-refractivity contribution in [3.63, 3.8) is 0 Å². The Balaban J connectivity index is 1.73.